The Labute approximate surface area is 175 Å². The van der Waals surface area contributed by atoms with E-state index in [0.717, 1.165) is 37.4 Å². The molecule has 150 valence electrons. The quantitative estimate of drug-likeness (QED) is 0.769. The number of allylic oxidation sites excluding steroid dienone is 1. The average molecular weight is 409 g/mol. The number of nitriles is 2. The van der Waals surface area contributed by atoms with Crippen LogP contribution in [0.5, 0.6) is 0 Å². The van der Waals surface area contributed by atoms with Gasteiger partial charge < -0.3 is 10.6 Å². The van der Waals surface area contributed by atoms with Crippen molar-refractivity contribution in [2.45, 2.75) is 45.4 Å². The van der Waals surface area contributed by atoms with Crippen molar-refractivity contribution in [3.05, 3.63) is 40.4 Å². The Bertz CT molecular complexity index is 902. The minimum atomic E-state index is -0.854. The third-order valence-corrected chi connectivity index (χ3v) is 6.76. The van der Waals surface area contributed by atoms with E-state index >= 15 is 0 Å². The standard InChI is InChI=1S/C22H24N4O2S/c1-2-15-6-8-16(9-7-15)25-19(27)14-29-21-18(13-24)22(10-4-3-5-11-22)17(12-23)20(28)26-21/h6-9,17H,2-5,10-11,14H2,1H3,(H,25,27)(H,26,28)/t17-/m1/s1. The number of nitrogens with zero attached hydrogens (tertiary/aromatic N) is 2. The SMILES string of the molecule is CCc1ccc(NC(=O)CSC2=C(C#N)C3(CCCCC3)[C@H](C#N)C(=O)N2)cc1. The van der Waals surface area contributed by atoms with E-state index in [9.17, 15) is 20.1 Å². The third-order valence-electron chi connectivity index (χ3n) is 5.76. The van der Waals surface area contributed by atoms with Crippen molar-refractivity contribution in [3.8, 4) is 12.1 Å². The molecule has 0 unspecified atom stereocenters. The zero-order chi connectivity index (χ0) is 20.9. The van der Waals surface area contributed by atoms with Gasteiger partial charge in [-0.3, -0.25) is 9.59 Å². The summed E-state index contributed by atoms with van der Waals surface area (Å²) in [6, 6.07) is 12.0. The molecule has 7 heteroatoms. The molecule has 2 aliphatic rings. The molecule has 0 bridgehead atoms. The van der Waals surface area contributed by atoms with Gasteiger partial charge in [0, 0.05) is 11.1 Å². The molecule has 6 nitrogen and oxygen atoms in total. The normalized spacial score (nSPS) is 20.5. The Morgan fingerprint density at radius 3 is 2.52 bits per heavy atom. The molecular formula is C22H24N4O2S. The van der Waals surface area contributed by atoms with Crippen LogP contribution in [-0.2, 0) is 16.0 Å². The van der Waals surface area contributed by atoms with Crippen LogP contribution in [0, 0.1) is 34.0 Å². The van der Waals surface area contributed by atoms with Crippen LogP contribution in [0.2, 0.25) is 0 Å². The maximum atomic E-state index is 12.6. The highest BCUT2D eigenvalue weighted by Crippen LogP contribution is 2.51. The molecule has 1 heterocycles. The fraction of sp³-hybridized carbons (Fsp3) is 0.455. The number of carbonyl (C=O) groups is 2. The van der Waals surface area contributed by atoms with Crippen LogP contribution >= 0.6 is 11.8 Å². The van der Waals surface area contributed by atoms with Crippen LogP contribution in [0.1, 0.15) is 44.6 Å². The Hall–Kier alpha value is -2.77. The summed E-state index contributed by atoms with van der Waals surface area (Å²) in [5, 5.41) is 25.4. The van der Waals surface area contributed by atoms with Crippen LogP contribution in [0.15, 0.2) is 34.9 Å². The van der Waals surface area contributed by atoms with E-state index in [2.05, 4.69) is 29.7 Å². The summed E-state index contributed by atoms with van der Waals surface area (Å²) >= 11 is 1.15. The lowest BCUT2D eigenvalue weighted by Gasteiger charge is -2.43. The van der Waals surface area contributed by atoms with Gasteiger partial charge in [-0.15, -0.1) is 0 Å². The van der Waals surface area contributed by atoms with Crippen molar-refractivity contribution in [1.82, 2.24) is 5.32 Å². The maximum absolute atomic E-state index is 12.6. The fourth-order valence-electron chi connectivity index (χ4n) is 4.20. The van der Waals surface area contributed by atoms with Gasteiger partial charge in [-0.1, -0.05) is 50.1 Å². The predicted molar refractivity (Wildman–Crippen MR) is 112 cm³/mol. The Balaban J connectivity index is 1.75. The number of rotatable bonds is 5. The molecule has 1 aromatic rings. The summed E-state index contributed by atoms with van der Waals surface area (Å²) in [6.07, 6.45) is 5.07. The Morgan fingerprint density at radius 1 is 1.24 bits per heavy atom. The molecule has 3 rings (SSSR count). The molecule has 1 spiro atoms. The van der Waals surface area contributed by atoms with Gasteiger partial charge >= 0.3 is 0 Å². The van der Waals surface area contributed by atoms with E-state index in [0.29, 0.717) is 29.1 Å². The summed E-state index contributed by atoms with van der Waals surface area (Å²) in [4.78, 5) is 24.9. The lowest BCUT2D eigenvalue weighted by Crippen LogP contribution is -2.48. The number of aryl methyl sites for hydroxylation is 1. The second-order valence-corrected chi connectivity index (χ2v) is 8.46. The molecule has 2 amide bonds. The average Bonchev–Trinajstić information content (AvgIpc) is 2.73. The number of carbonyl (C=O) groups excluding carboxylic acids is 2. The van der Waals surface area contributed by atoms with E-state index in [1.807, 2.05) is 24.3 Å². The Morgan fingerprint density at radius 2 is 1.93 bits per heavy atom. The van der Waals surface area contributed by atoms with Crippen LogP contribution in [0.25, 0.3) is 0 Å². The molecule has 1 aliphatic heterocycles. The van der Waals surface area contributed by atoms with Gasteiger partial charge in [0.2, 0.25) is 11.8 Å². The number of thioether (sulfide) groups is 1. The van der Waals surface area contributed by atoms with E-state index in [-0.39, 0.29) is 17.6 Å². The van der Waals surface area contributed by atoms with Gasteiger partial charge in [0.25, 0.3) is 0 Å². The summed E-state index contributed by atoms with van der Waals surface area (Å²) in [5.74, 6) is -1.36. The largest absolute Gasteiger partial charge is 0.325 e. The first-order valence-corrected chi connectivity index (χ1v) is 10.9. The lowest BCUT2D eigenvalue weighted by molar-refractivity contribution is -0.126. The number of nitrogens with one attached hydrogen (secondary N) is 2. The second kappa shape index (κ2) is 9.15. The minimum Gasteiger partial charge on any atom is -0.325 e. The Kier molecular flexibility index (Phi) is 6.61. The summed E-state index contributed by atoms with van der Waals surface area (Å²) < 4.78 is 0. The molecule has 1 aliphatic carbocycles. The molecular weight excluding hydrogens is 384 g/mol. The van der Waals surface area contributed by atoms with Crippen molar-refractivity contribution < 1.29 is 9.59 Å². The number of benzene rings is 1. The van der Waals surface area contributed by atoms with E-state index in [1.165, 1.54) is 5.56 Å². The van der Waals surface area contributed by atoms with Crippen molar-refractivity contribution in [2.75, 3.05) is 11.1 Å². The molecule has 0 saturated heterocycles. The number of amides is 2. The lowest BCUT2D eigenvalue weighted by atomic mass is 9.61. The van der Waals surface area contributed by atoms with Gasteiger partial charge in [0.15, 0.2) is 0 Å². The van der Waals surface area contributed by atoms with E-state index in [1.54, 1.807) is 0 Å². The zero-order valence-corrected chi connectivity index (χ0v) is 17.3. The summed E-state index contributed by atoms with van der Waals surface area (Å²) in [6.45, 7) is 2.07. The number of anilines is 1. The first-order chi connectivity index (χ1) is 14.0. The van der Waals surface area contributed by atoms with Crippen LogP contribution in [0.3, 0.4) is 0 Å². The van der Waals surface area contributed by atoms with Gasteiger partial charge in [0.1, 0.15) is 5.92 Å². The minimum absolute atomic E-state index is 0.0730. The van der Waals surface area contributed by atoms with Crippen molar-refractivity contribution in [3.63, 3.8) is 0 Å². The zero-order valence-electron chi connectivity index (χ0n) is 16.5. The number of hydrogen-bond donors (Lipinski definition) is 2. The molecule has 0 aromatic heterocycles. The highest BCUT2D eigenvalue weighted by molar-refractivity contribution is 8.03. The van der Waals surface area contributed by atoms with Crippen molar-refractivity contribution >= 4 is 29.3 Å². The first-order valence-electron chi connectivity index (χ1n) is 9.91. The molecule has 29 heavy (non-hydrogen) atoms. The van der Waals surface area contributed by atoms with Gasteiger partial charge in [-0.2, -0.15) is 10.5 Å². The maximum Gasteiger partial charge on any atom is 0.243 e. The number of hydrogen-bond acceptors (Lipinski definition) is 5. The molecule has 1 aromatic carbocycles. The highest BCUT2D eigenvalue weighted by atomic mass is 32.2. The van der Waals surface area contributed by atoms with Gasteiger partial charge in [-0.05, 0) is 37.0 Å². The predicted octanol–water partition coefficient (Wildman–Crippen LogP) is 3.88. The van der Waals surface area contributed by atoms with Crippen molar-refractivity contribution in [2.24, 2.45) is 11.3 Å². The van der Waals surface area contributed by atoms with Gasteiger partial charge in [0.05, 0.1) is 28.5 Å². The third kappa shape index (κ3) is 4.31. The van der Waals surface area contributed by atoms with Gasteiger partial charge in [-0.25, -0.2) is 0 Å². The highest BCUT2D eigenvalue weighted by Gasteiger charge is 2.51. The molecule has 1 saturated carbocycles. The smallest absolute Gasteiger partial charge is 0.243 e. The monoisotopic (exact) mass is 408 g/mol. The molecule has 0 radical (unpaired) electrons. The topological polar surface area (TPSA) is 106 Å². The molecule has 1 fully saturated rings. The van der Waals surface area contributed by atoms with E-state index in [4.69, 9.17) is 0 Å². The van der Waals surface area contributed by atoms with Crippen LogP contribution in [0.4, 0.5) is 5.69 Å². The van der Waals surface area contributed by atoms with Crippen molar-refractivity contribution in [1.29, 1.82) is 10.5 Å². The fourth-order valence-corrected chi connectivity index (χ4v) is 5.11. The molecule has 2 N–H and O–H groups in total. The molecule has 1 atom stereocenters. The van der Waals surface area contributed by atoms with Crippen LogP contribution < -0.4 is 10.6 Å². The summed E-state index contributed by atoms with van der Waals surface area (Å²) in [5.41, 5.74) is 1.63. The van der Waals surface area contributed by atoms with Crippen LogP contribution in [-0.4, -0.2) is 17.6 Å². The second-order valence-electron chi connectivity index (χ2n) is 7.47. The first kappa shape index (κ1) is 21.0. The van der Waals surface area contributed by atoms with E-state index < -0.39 is 11.3 Å². The summed E-state index contributed by atoms with van der Waals surface area (Å²) in [7, 11) is 0.